The standard InChI is InChI=1S/C21H21F3N2O2/c1-14(15-2-5-17(22)6-3-15)12-20(27)25-8-10-26(11-9-25)21(28)16-4-7-18(23)19(24)13-16/h2-7,13-14H,8-12H2,1H3. The maximum Gasteiger partial charge on any atom is 0.254 e. The second-order valence-electron chi connectivity index (χ2n) is 6.96. The minimum absolute atomic E-state index is 0.0308. The van der Waals surface area contributed by atoms with Crippen molar-refractivity contribution in [3.05, 3.63) is 71.0 Å². The molecule has 2 aromatic rings. The van der Waals surface area contributed by atoms with Crippen molar-refractivity contribution in [3.8, 4) is 0 Å². The Kier molecular flexibility index (Phi) is 6.02. The summed E-state index contributed by atoms with van der Waals surface area (Å²) in [6.07, 6.45) is 0.294. The second kappa shape index (κ2) is 8.46. The van der Waals surface area contributed by atoms with Gasteiger partial charge in [-0.15, -0.1) is 0 Å². The molecular formula is C21H21F3N2O2. The molecule has 1 aliphatic heterocycles. The van der Waals surface area contributed by atoms with Crippen LogP contribution in [0.4, 0.5) is 13.2 Å². The van der Waals surface area contributed by atoms with Gasteiger partial charge in [-0.2, -0.15) is 0 Å². The lowest BCUT2D eigenvalue weighted by Gasteiger charge is -2.35. The number of amides is 2. The summed E-state index contributed by atoms with van der Waals surface area (Å²) in [7, 11) is 0. The second-order valence-corrected chi connectivity index (χ2v) is 6.96. The number of rotatable bonds is 4. The van der Waals surface area contributed by atoms with Crippen LogP contribution in [-0.2, 0) is 4.79 Å². The summed E-state index contributed by atoms with van der Waals surface area (Å²) in [5.41, 5.74) is 0.977. The molecule has 0 aliphatic carbocycles. The third-order valence-electron chi connectivity index (χ3n) is 5.01. The number of piperazine rings is 1. The average Bonchev–Trinajstić information content (AvgIpc) is 2.70. The first kappa shape index (κ1) is 19.9. The Morgan fingerprint density at radius 1 is 0.893 bits per heavy atom. The Labute approximate surface area is 161 Å². The van der Waals surface area contributed by atoms with Gasteiger partial charge in [-0.3, -0.25) is 9.59 Å². The van der Waals surface area contributed by atoms with Crippen molar-refractivity contribution < 1.29 is 22.8 Å². The van der Waals surface area contributed by atoms with E-state index in [9.17, 15) is 22.8 Å². The van der Waals surface area contributed by atoms with Crippen molar-refractivity contribution in [3.63, 3.8) is 0 Å². The van der Waals surface area contributed by atoms with Crippen molar-refractivity contribution in [1.29, 1.82) is 0 Å². The number of halogens is 3. The van der Waals surface area contributed by atoms with Crippen LogP contribution in [0.2, 0.25) is 0 Å². The molecular weight excluding hydrogens is 369 g/mol. The Morgan fingerprint density at radius 2 is 1.50 bits per heavy atom. The lowest BCUT2D eigenvalue weighted by molar-refractivity contribution is -0.133. The van der Waals surface area contributed by atoms with Gasteiger partial charge in [0.15, 0.2) is 11.6 Å². The normalized spacial score (nSPS) is 15.4. The van der Waals surface area contributed by atoms with Crippen LogP contribution in [0.15, 0.2) is 42.5 Å². The summed E-state index contributed by atoms with van der Waals surface area (Å²) >= 11 is 0. The zero-order chi connectivity index (χ0) is 20.3. The highest BCUT2D eigenvalue weighted by molar-refractivity contribution is 5.94. The number of carbonyl (C=O) groups excluding carboxylic acids is 2. The Balaban J connectivity index is 1.54. The van der Waals surface area contributed by atoms with E-state index < -0.39 is 11.6 Å². The lowest BCUT2D eigenvalue weighted by atomic mass is 9.97. The quantitative estimate of drug-likeness (QED) is 0.801. The summed E-state index contributed by atoms with van der Waals surface area (Å²) in [5, 5.41) is 0. The van der Waals surface area contributed by atoms with E-state index in [1.807, 2.05) is 6.92 Å². The Morgan fingerprint density at radius 3 is 2.11 bits per heavy atom. The van der Waals surface area contributed by atoms with Crippen molar-refractivity contribution in [2.75, 3.05) is 26.2 Å². The van der Waals surface area contributed by atoms with Gasteiger partial charge in [0.05, 0.1) is 0 Å². The SMILES string of the molecule is CC(CC(=O)N1CCN(C(=O)c2ccc(F)c(F)c2)CC1)c1ccc(F)cc1. The van der Waals surface area contributed by atoms with Crippen molar-refractivity contribution in [1.82, 2.24) is 9.80 Å². The molecule has 0 aromatic heterocycles. The maximum atomic E-state index is 13.3. The van der Waals surface area contributed by atoms with Crippen LogP contribution in [-0.4, -0.2) is 47.8 Å². The molecule has 28 heavy (non-hydrogen) atoms. The van der Waals surface area contributed by atoms with Gasteiger partial charge in [-0.25, -0.2) is 13.2 Å². The van der Waals surface area contributed by atoms with Gasteiger partial charge in [0.2, 0.25) is 5.91 Å². The first-order chi connectivity index (χ1) is 13.3. The highest BCUT2D eigenvalue weighted by Gasteiger charge is 2.26. The molecule has 2 aromatic carbocycles. The van der Waals surface area contributed by atoms with Gasteiger partial charge in [0.1, 0.15) is 5.82 Å². The number of hydrogen-bond acceptors (Lipinski definition) is 2. The zero-order valence-electron chi connectivity index (χ0n) is 15.5. The molecule has 148 valence electrons. The predicted octanol–water partition coefficient (Wildman–Crippen LogP) is 3.58. The van der Waals surface area contributed by atoms with E-state index in [4.69, 9.17) is 0 Å². The van der Waals surface area contributed by atoms with Crippen LogP contribution < -0.4 is 0 Å². The molecule has 0 bridgehead atoms. The van der Waals surface area contributed by atoms with Gasteiger partial charge in [0.25, 0.3) is 5.91 Å². The Bertz CT molecular complexity index is 862. The molecule has 0 radical (unpaired) electrons. The summed E-state index contributed by atoms with van der Waals surface area (Å²) < 4.78 is 39.4. The van der Waals surface area contributed by atoms with Crippen LogP contribution in [0.1, 0.15) is 35.2 Å². The minimum atomic E-state index is -1.06. The third-order valence-corrected chi connectivity index (χ3v) is 5.01. The molecule has 7 heteroatoms. The molecule has 1 fully saturated rings. The van der Waals surface area contributed by atoms with Crippen LogP contribution in [0.3, 0.4) is 0 Å². The molecule has 1 atom stereocenters. The Hall–Kier alpha value is -2.83. The van der Waals surface area contributed by atoms with E-state index >= 15 is 0 Å². The monoisotopic (exact) mass is 390 g/mol. The summed E-state index contributed by atoms with van der Waals surface area (Å²) in [6.45, 7) is 3.33. The molecule has 1 saturated heterocycles. The third kappa shape index (κ3) is 4.52. The van der Waals surface area contributed by atoms with Crippen molar-refractivity contribution >= 4 is 11.8 Å². The fourth-order valence-electron chi connectivity index (χ4n) is 3.27. The lowest BCUT2D eigenvalue weighted by Crippen LogP contribution is -2.50. The highest BCUT2D eigenvalue weighted by atomic mass is 19.2. The minimum Gasteiger partial charge on any atom is -0.339 e. The first-order valence-corrected chi connectivity index (χ1v) is 9.12. The van der Waals surface area contributed by atoms with Crippen LogP contribution in [0.25, 0.3) is 0 Å². The zero-order valence-corrected chi connectivity index (χ0v) is 15.5. The van der Waals surface area contributed by atoms with E-state index in [0.717, 1.165) is 17.7 Å². The van der Waals surface area contributed by atoms with E-state index in [1.54, 1.807) is 17.0 Å². The van der Waals surface area contributed by atoms with Crippen LogP contribution in [0.5, 0.6) is 0 Å². The summed E-state index contributed by atoms with van der Waals surface area (Å²) in [4.78, 5) is 28.2. The highest BCUT2D eigenvalue weighted by Crippen LogP contribution is 2.21. The predicted molar refractivity (Wildman–Crippen MR) is 98.3 cm³/mol. The fourth-order valence-corrected chi connectivity index (χ4v) is 3.27. The number of nitrogens with zero attached hydrogens (tertiary/aromatic N) is 2. The molecule has 1 aliphatic rings. The molecule has 3 rings (SSSR count). The van der Waals surface area contributed by atoms with Crippen LogP contribution >= 0.6 is 0 Å². The smallest absolute Gasteiger partial charge is 0.254 e. The molecule has 4 nitrogen and oxygen atoms in total. The van der Waals surface area contributed by atoms with E-state index in [0.29, 0.717) is 32.6 Å². The maximum absolute atomic E-state index is 13.3. The molecule has 1 heterocycles. The molecule has 1 unspecified atom stereocenters. The number of hydrogen-bond donors (Lipinski definition) is 0. The number of benzene rings is 2. The van der Waals surface area contributed by atoms with Crippen molar-refractivity contribution in [2.24, 2.45) is 0 Å². The van der Waals surface area contributed by atoms with E-state index in [2.05, 4.69) is 0 Å². The molecule has 2 amide bonds. The van der Waals surface area contributed by atoms with Gasteiger partial charge in [0, 0.05) is 38.2 Å². The van der Waals surface area contributed by atoms with Gasteiger partial charge >= 0.3 is 0 Å². The molecule has 0 N–H and O–H groups in total. The number of carbonyl (C=O) groups is 2. The van der Waals surface area contributed by atoms with E-state index in [1.165, 1.54) is 23.1 Å². The fraction of sp³-hybridized carbons (Fsp3) is 0.333. The van der Waals surface area contributed by atoms with Crippen molar-refractivity contribution in [2.45, 2.75) is 19.3 Å². The van der Waals surface area contributed by atoms with Crippen LogP contribution in [0, 0.1) is 17.5 Å². The largest absolute Gasteiger partial charge is 0.339 e. The van der Waals surface area contributed by atoms with Gasteiger partial charge in [-0.05, 0) is 41.8 Å². The molecule has 0 spiro atoms. The topological polar surface area (TPSA) is 40.6 Å². The van der Waals surface area contributed by atoms with Gasteiger partial charge in [-0.1, -0.05) is 19.1 Å². The average molecular weight is 390 g/mol. The first-order valence-electron chi connectivity index (χ1n) is 9.12. The summed E-state index contributed by atoms with van der Waals surface area (Å²) in [6, 6.07) is 9.16. The van der Waals surface area contributed by atoms with Gasteiger partial charge < -0.3 is 9.80 Å². The summed E-state index contributed by atoms with van der Waals surface area (Å²) in [5.74, 6) is -2.84. The molecule has 0 saturated carbocycles. The van der Waals surface area contributed by atoms with E-state index in [-0.39, 0.29) is 29.1 Å².